The van der Waals surface area contributed by atoms with Crippen molar-refractivity contribution in [2.75, 3.05) is 0 Å². The first kappa shape index (κ1) is 13.8. The Balaban J connectivity index is 2.30. The van der Waals surface area contributed by atoms with Crippen LogP contribution in [0.3, 0.4) is 0 Å². The standard InChI is InChI=1S/C15H18N2OS2/c1-9(2)8-17-14(18)12-10-6-4-3-5-7-11(10)20-13(12)16-15(17)19/h1,3-8H2,2H3,(H,16,19). The SMILES string of the molecule is C=C(C)Cn1c(=S)[nH]c2sc3c(c2c1=O)CCCCC3. The van der Waals surface area contributed by atoms with Gasteiger partial charge in [-0.1, -0.05) is 18.6 Å². The number of aromatic amines is 1. The van der Waals surface area contributed by atoms with E-state index in [4.69, 9.17) is 12.2 Å². The molecule has 5 heteroatoms. The predicted molar refractivity (Wildman–Crippen MR) is 87.3 cm³/mol. The molecule has 2 aromatic rings. The Morgan fingerprint density at radius 1 is 1.40 bits per heavy atom. The highest BCUT2D eigenvalue weighted by molar-refractivity contribution is 7.71. The summed E-state index contributed by atoms with van der Waals surface area (Å²) in [5, 5.41) is 0.863. The van der Waals surface area contributed by atoms with Gasteiger partial charge in [0.2, 0.25) is 0 Å². The molecule has 20 heavy (non-hydrogen) atoms. The largest absolute Gasteiger partial charge is 0.323 e. The number of hydrogen-bond acceptors (Lipinski definition) is 3. The number of H-pyrrole nitrogens is 1. The highest BCUT2D eigenvalue weighted by atomic mass is 32.1. The van der Waals surface area contributed by atoms with Crippen LogP contribution in [0.5, 0.6) is 0 Å². The summed E-state index contributed by atoms with van der Waals surface area (Å²) < 4.78 is 2.14. The van der Waals surface area contributed by atoms with Crippen molar-refractivity contribution >= 4 is 33.8 Å². The van der Waals surface area contributed by atoms with E-state index in [2.05, 4.69) is 11.6 Å². The Kier molecular flexibility index (Phi) is 3.65. The third kappa shape index (κ3) is 2.29. The fraction of sp³-hybridized carbons (Fsp3) is 0.467. The van der Waals surface area contributed by atoms with Crippen molar-refractivity contribution in [2.45, 2.75) is 45.6 Å². The fourth-order valence-corrected chi connectivity index (χ4v) is 4.46. The van der Waals surface area contributed by atoms with E-state index < -0.39 is 0 Å². The molecular formula is C15H18N2OS2. The van der Waals surface area contributed by atoms with Gasteiger partial charge in [-0.3, -0.25) is 9.36 Å². The van der Waals surface area contributed by atoms with Gasteiger partial charge >= 0.3 is 0 Å². The zero-order valence-corrected chi connectivity index (χ0v) is 13.3. The van der Waals surface area contributed by atoms with Gasteiger partial charge in [0.1, 0.15) is 4.83 Å². The average Bonchev–Trinajstić information content (AvgIpc) is 2.56. The molecule has 3 rings (SSSR count). The number of aromatic nitrogens is 2. The number of hydrogen-bond donors (Lipinski definition) is 1. The lowest BCUT2D eigenvalue weighted by Crippen LogP contribution is -2.22. The molecule has 3 nitrogen and oxygen atoms in total. The molecule has 0 aromatic carbocycles. The Bertz CT molecular complexity index is 795. The summed E-state index contributed by atoms with van der Waals surface area (Å²) in [7, 11) is 0. The lowest BCUT2D eigenvalue weighted by Gasteiger charge is -2.06. The number of thiophene rings is 1. The van der Waals surface area contributed by atoms with E-state index in [1.807, 2.05) is 6.92 Å². The van der Waals surface area contributed by atoms with Gasteiger partial charge in [0, 0.05) is 11.4 Å². The highest BCUT2D eigenvalue weighted by Crippen LogP contribution is 2.32. The van der Waals surface area contributed by atoms with Gasteiger partial charge in [0.15, 0.2) is 4.77 Å². The molecule has 2 aromatic heterocycles. The molecule has 0 saturated heterocycles. The van der Waals surface area contributed by atoms with Gasteiger partial charge in [-0.15, -0.1) is 11.3 Å². The van der Waals surface area contributed by atoms with Crippen molar-refractivity contribution in [3.63, 3.8) is 0 Å². The molecule has 0 aliphatic heterocycles. The fourth-order valence-electron chi connectivity index (χ4n) is 2.86. The molecule has 0 atom stereocenters. The maximum absolute atomic E-state index is 12.8. The predicted octanol–water partition coefficient (Wildman–Crippen LogP) is 3.97. The minimum atomic E-state index is 0.0474. The van der Waals surface area contributed by atoms with Crippen molar-refractivity contribution in [3.8, 4) is 0 Å². The summed E-state index contributed by atoms with van der Waals surface area (Å²) >= 11 is 7.04. The quantitative estimate of drug-likeness (QED) is 0.518. The van der Waals surface area contributed by atoms with Crippen LogP contribution < -0.4 is 5.56 Å². The van der Waals surface area contributed by atoms with Crippen molar-refractivity contribution in [1.29, 1.82) is 0 Å². The Morgan fingerprint density at radius 3 is 2.90 bits per heavy atom. The summed E-state index contributed by atoms with van der Waals surface area (Å²) in [6, 6.07) is 0. The molecular weight excluding hydrogens is 288 g/mol. The van der Waals surface area contributed by atoms with Gasteiger partial charge in [-0.2, -0.15) is 0 Å². The van der Waals surface area contributed by atoms with E-state index >= 15 is 0 Å². The van der Waals surface area contributed by atoms with Crippen LogP contribution in [0.15, 0.2) is 16.9 Å². The number of fused-ring (bicyclic) bond motifs is 3. The first-order valence-corrected chi connectivity index (χ1v) is 8.22. The van der Waals surface area contributed by atoms with Crippen LogP contribution in [0, 0.1) is 4.77 Å². The van der Waals surface area contributed by atoms with Crippen LogP contribution >= 0.6 is 23.6 Å². The van der Waals surface area contributed by atoms with Crippen molar-refractivity contribution in [1.82, 2.24) is 9.55 Å². The van der Waals surface area contributed by atoms with E-state index in [1.54, 1.807) is 15.9 Å². The normalized spacial score (nSPS) is 15.1. The summed E-state index contributed by atoms with van der Waals surface area (Å²) in [5.41, 5.74) is 2.24. The van der Waals surface area contributed by atoms with Gasteiger partial charge < -0.3 is 4.98 Å². The molecule has 1 N–H and O–H groups in total. The molecule has 1 aliphatic rings. The molecule has 0 unspecified atom stereocenters. The highest BCUT2D eigenvalue weighted by Gasteiger charge is 2.19. The number of aryl methyl sites for hydroxylation is 2. The molecule has 0 spiro atoms. The number of allylic oxidation sites excluding steroid dienone is 1. The third-order valence-electron chi connectivity index (χ3n) is 3.77. The van der Waals surface area contributed by atoms with E-state index in [9.17, 15) is 4.79 Å². The lowest BCUT2D eigenvalue weighted by molar-refractivity contribution is 0.710. The first-order valence-electron chi connectivity index (χ1n) is 6.99. The van der Waals surface area contributed by atoms with E-state index in [-0.39, 0.29) is 5.56 Å². The van der Waals surface area contributed by atoms with Crippen LogP contribution in [-0.2, 0) is 19.4 Å². The van der Waals surface area contributed by atoms with Crippen molar-refractivity contribution < 1.29 is 0 Å². The number of rotatable bonds is 2. The van der Waals surface area contributed by atoms with Crippen molar-refractivity contribution in [3.05, 3.63) is 37.7 Å². The second-order valence-corrected chi connectivity index (χ2v) is 7.04. The molecule has 1 aliphatic carbocycles. The molecule has 2 heterocycles. The van der Waals surface area contributed by atoms with E-state index in [0.29, 0.717) is 11.3 Å². The summed E-state index contributed by atoms with van der Waals surface area (Å²) in [5.74, 6) is 0. The van der Waals surface area contributed by atoms with Crippen LogP contribution in [0.25, 0.3) is 10.2 Å². The van der Waals surface area contributed by atoms with E-state index in [0.717, 1.165) is 28.6 Å². The maximum atomic E-state index is 12.8. The molecule has 0 fully saturated rings. The van der Waals surface area contributed by atoms with Crippen LogP contribution in [0.1, 0.15) is 36.6 Å². The average molecular weight is 306 g/mol. The summed E-state index contributed by atoms with van der Waals surface area (Å²) in [6.07, 6.45) is 5.76. The first-order chi connectivity index (χ1) is 9.58. The number of nitrogens with zero attached hydrogens (tertiary/aromatic N) is 1. The molecule has 0 amide bonds. The lowest BCUT2D eigenvalue weighted by atomic mass is 10.1. The van der Waals surface area contributed by atoms with Gasteiger partial charge in [-0.05, 0) is 50.4 Å². The third-order valence-corrected chi connectivity index (χ3v) is 5.30. The Labute approximate surface area is 127 Å². The van der Waals surface area contributed by atoms with Crippen LogP contribution in [0.4, 0.5) is 0 Å². The van der Waals surface area contributed by atoms with Crippen LogP contribution in [-0.4, -0.2) is 9.55 Å². The minimum Gasteiger partial charge on any atom is -0.323 e. The van der Waals surface area contributed by atoms with Gasteiger partial charge in [0.05, 0.1) is 5.39 Å². The van der Waals surface area contributed by atoms with E-state index in [1.165, 1.54) is 29.7 Å². The minimum absolute atomic E-state index is 0.0474. The zero-order valence-electron chi connectivity index (χ0n) is 11.6. The summed E-state index contributed by atoms with van der Waals surface area (Å²) in [4.78, 5) is 18.3. The topological polar surface area (TPSA) is 37.8 Å². The molecule has 0 bridgehead atoms. The smallest absolute Gasteiger partial charge is 0.263 e. The van der Waals surface area contributed by atoms with Gasteiger partial charge in [0.25, 0.3) is 5.56 Å². The second-order valence-electron chi connectivity index (χ2n) is 5.55. The molecule has 0 radical (unpaired) electrons. The maximum Gasteiger partial charge on any atom is 0.263 e. The Hall–Kier alpha value is -1.20. The Morgan fingerprint density at radius 2 is 2.15 bits per heavy atom. The monoisotopic (exact) mass is 306 g/mol. The number of nitrogens with one attached hydrogen (secondary N) is 1. The van der Waals surface area contributed by atoms with Crippen LogP contribution in [0.2, 0.25) is 0 Å². The summed E-state index contributed by atoms with van der Waals surface area (Å²) in [6.45, 7) is 6.30. The van der Waals surface area contributed by atoms with Crippen molar-refractivity contribution in [2.24, 2.45) is 0 Å². The molecule has 106 valence electrons. The molecule has 0 saturated carbocycles. The second kappa shape index (κ2) is 5.30. The van der Waals surface area contributed by atoms with Gasteiger partial charge in [-0.25, -0.2) is 0 Å². The zero-order chi connectivity index (χ0) is 14.3.